The molecule has 0 saturated carbocycles. The summed E-state index contributed by atoms with van der Waals surface area (Å²) in [5.74, 6) is 0.847. The van der Waals surface area contributed by atoms with Crippen molar-refractivity contribution in [2.75, 3.05) is 10.7 Å². The normalized spacial score (nSPS) is 17.8. The summed E-state index contributed by atoms with van der Waals surface area (Å²) in [7, 11) is 0. The third-order valence-electron chi connectivity index (χ3n) is 5.30. The molecule has 2 aromatic carbocycles. The number of nitrogens with zero attached hydrogens (tertiary/aromatic N) is 3. The number of aryl methyl sites for hydroxylation is 3. The molecule has 30 heavy (non-hydrogen) atoms. The van der Waals surface area contributed by atoms with Crippen LogP contribution in [-0.4, -0.2) is 26.0 Å². The highest BCUT2D eigenvalue weighted by Crippen LogP contribution is 2.37. The van der Waals surface area contributed by atoms with Gasteiger partial charge in [0.2, 0.25) is 11.1 Å². The predicted octanol–water partition coefficient (Wildman–Crippen LogP) is 4.50. The van der Waals surface area contributed by atoms with Crippen LogP contribution >= 0.6 is 11.8 Å². The maximum atomic E-state index is 13.3. The van der Waals surface area contributed by atoms with Gasteiger partial charge in [-0.25, -0.2) is 4.68 Å². The van der Waals surface area contributed by atoms with Crippen molar-refractivity contribution in [1.82, 2.24) is 14.9 Å². The first-order chi connectivity index (χ1) is 14.6. The average molecular weight is 422 g/mol. The Kier molecular flexibility index (Phi) is 6.08. The summed E-state index contributed by atoms with van der Waals surface area (Å²) in [6.45, 7) is 6.30. The highest BCUT2D eigenvalue weighted by Gasteiger charge is 2.37. The second-order valence-corrected chi connectivity index (χ2v) is 8.69. The number of rotatable bonds is 6. The number of nitrogens with one attached hydrogen (secondary N) is 2. The van der Waals surface area contributed by atoms with E-state index >= 15 is 0 Å². The lowest BCUT2D eigenvalue weighted by Gasteiger charge is -2.33. The van der Waals surface area contributed by atoms with Gasteiger partial charge in [0, 0.05) is 12.1 Å². The summed E-state index contributed by atoms with van der Waals surface area (Å²) < 4.78 is 1.94. The molecule has 0 bridgehead atoms. The Morgan fingerprint density at radius 1 is 1.10 bits per heavy atom. The molecule has 2 atom stereocenters. The summed E-state index contributed by atoms with van der Waals surface area (Å²) in [4.78, 5) is 13.3. The standard InChI is InChI=1S/C23H27N5OS/c1-4-6-19-25-26-23-28(19)27-20(17-11-7-15(3)8-12-17)21(30-23)22(29)24-18-13-9-16(5-2)10-14-18/h7-14,20-21,27H,4-6H2,1-3H3,(H,24,29)/t20-,21+/m1/s1. The second-order valence-electron chi connectivity index (χ2n) is 7.58. The molecule has 0 saturated heterocycles. The molecule has 0 fully saturated rings. The van der Waals surface area contributed by atoms with Crippen LogP contribution in [0, 0.1) is 6.92 Å². The summed E-state index contributed by atoms with van der Waals surface area (Å²) in [5.41, 5.74) is 7.82. The van der Waals surface area contributed by atoms with Crippen molar-refractivity contribution in [3.8, 4) is 0 Å². The fourth-order valence-electron chi connectivity index (χ4n) is 3.55. The number of carbonyl (C=O) groups excluding carboxylic acids is 1. The molecule has 1 amide bonds. The van der Waals surface area contributed by atoms with E-state index in [0.717, 1.165) is 41.5 Å². The van der Waals surface area contributed by atoms with Gasteiger partial charge in [-0.05, 0) is 43.0 Å². The fourth-order valence-corrected chi connectivity index (χ4v) is 4.64. The van der Waals surface area contributed by atoms with Gasteiger partial charge in [-0.2, -0.15) is 0 Å². The van der Waals surface area contributed by atoms with Crippen molar-refractivity contribution >= 4 is 23.4 Å². The van der Waals surface area contributed by atoms with E-state index in [1.807, 2.05) is 28.9 Å². The maximum Gasteiger partial charge on any atom is 0.240 e. The Balaban J connectivity index is 1.63. The van der Waals surface area contributed by atoms with Crippen LogP contribution in [0.5, 0.6) is 0 Å². The van der Waals surface area contributed by atoms with Gasteiger partial charge in [0.1, 0.15) is 5.25 Å². The second kappa shape index (κ2) is 8.92. The quantitative estimate of drug-likeness (QED) is 0.613. The van der Waals surface area contributed by atoms with Gasteiger partial charge in [-0.1, -0.05) is 67.6 Å². The van der Waals surface area contributed by atoms with E-state index in [0.29, 0.717) is 0 Å². The fraction of sp³-hybridized carbons (Fsp3) is 0.348. The third kappa shape index (κ3) is 4.21. The van der Waals surface area contributed by atoms with Gasteiger partial charge in [-0.15, -0.1) is 10.2 Å². The third-order valence-corrected chi connectivity index (χ3v) is 6.52. The van der Waals surface area contributed by atoms with Crippen LogP contribution in [0.1, 0.15) is 48.8 Å². The summed E-state index contributed by atoms with van der Waals surface area (Å²) in [6.07, 6.45) is 2.79. The van der Waals surface area contributed by atoms with E-state index in [-0.39, 0.29) is 17.2 Å². The van der Waals surface area contributed by atoms with Crippen LogP contribution in [0.25, 0.3) is 0 Å². The lowest BCUT2D eigenvalue weighted by molar-refractivity contribution is -0.116. The first kappa shape index (κ1) is 20.5. The van der Waals surface area contributed by atoms with Gasteiger partial charge >= 0.3 is 0 Å². The number of carbonyl (C=O) groups is 1. The molecule has 6 nitrogen and oxygen atoms in total. The minimum Gasteiger partial charge on any atom is -0.325 e. The van der Waals surface area contributed by atoms with Crippen molar-refractivity contribution in [2.45, 2.75) is 56.5 Å². The molecule has 7 heteroatoms. The summed E-state index contributed by atoms with van der Waals surface area (Å²) in [5, 5.41) is 12.1. The number of hydrogen-bond donors (Lipinski definition) is 2. The van der Waals surface area contributed by atoms with Crippen LogP contribution < -0.4 is 10.7 Å². The van der Waals surface area contributed by atoms with E-state index in [2.05, 4.69) is 66.0 Å². The van der Waals surface area contributed by atoms with Crippen LogP contribution in [0.4, 0.5) is 5.69 Å². The van der Waals surface area contributed by atoms with Crippen molar-refractivity contribution < 1.29 is 4.79 Å². The molecule has 2 N–H and O–H groups in total. The summed E-state index contributed by atoms with van der Waals surface area (Å²) in [6, 6.07) is 16.1. The van der Waals surface area contributed by atoms with Crippen molar-refractivity contribution in [2.24, 2.45) is 0 Å². The molecular formula is C23H27N5OS. The molecule has 0 radical (unpaired) electrons. The minimum atomic E-state index is -0.371. The highest BCUT2D eigenvalue weighted by molar-refractivity contribution is 8.00. The van der Waals surface area contributed by atoms with Crippen molar-refractivity contribution in [3.05, 3.63) is 71.0 Å². The Labute approximate surface area is 181 Å². The Hall–Kier alpha value is -2.80. The van der Waals surface area contributed by atoms with Gasteiger partial charge in [0.15, 0.2) is 5.82 Å². The largest absolute Gasteiger partial charge is 0.325 e. The number of thioether (sulfide) groups is 1. The molecule has 0 spiro atoms. The molecule has 1 aliphatic heterocycles. The number of amides is 1. The number of anilines is 1. The zero-order chi connectivity index (χ0) is 21.1. The lowest BCUT2D eigenvalue weighted by Crippen LogP contribution is -2.41. The first-order valence-corrected chi connectivity index (χ1v) is 11.3. The van der Waals surface area contributed by atoms with E-state index in [4.69, 9.17) is 0 Å². The Morgan fingerprint density at radius 2 is 1.83 bits per heavy atom. The van der Waals surface area contributed by atoms with Gasteiger partial charge < -0.3 is 10.7 Å². The van der Waals surface area contributed by atoms with E-state index in [1.54, 1.807) is 0 Å². The molecule has 1 aliphatic rings. The van der Waals surface area contributed by atoms with Gasteiger partial charge in [0.05, 0.1) is 6.04 Å². The van der Waals surface area contributed by atoms with Crippen LogP contribution in [0.3, 0.4) is 0 Å². The first-order valence-electron chi connectivity index (χ1n) is 10.4. The van der Waals surface area contributed by atoms with Crippen molar-refractivity contribution in [3.63, 3.8) is 0 Å². The molecular weight excluding hydrogens is 394 g/mol. The van der Waals surface area contributed by atoms with Crippen molar-refractivity contribution in [1.29, 1.82) is 0 Å². The smallest absolute Gasteiger partial charge is 0.240 e. The van der Waals surface area contributed by atoms with Crippen LogP contribution in [0.15, 0.2) is 53.7 Å². The Morgan fingerprint density at radius 3 is 2.50 bits per heavy atom. The molecule has 2 heterocycles. The minimum absolute atomic E-state index is 0.0476. The molecule has 0 aliphatic carbocycles. The zero-order valence-electron chi connectivity index (χ0n) is 17.6. The highest BCUT2D eigenvalue weighted by atomic mass is 32.2. The monoisotopic (exact) mass is 421 g/mol. The molecule has 0 unspecified atom stereocenters. The number of aromatic nitrogens is 3. The van der Waals surface area contributed by atoms with E-state index in [9.17, 15) is 4.79 Å². The number of hydrogen-bond acceptors (Lipinski definition) is 5. The lowest BCUT2D eigenvalue weighted by atomic mass is 10.0. The van der Waals surface area contributed by atoms with Crippen LogP contribution in [-0.2, 0) is 17.6 Å². The average Bonchev–Trinajstić information content (AvgIpc) is 3.16. The predicted molar refractivity (Wildman–Crippen MR) is 121 cm³/mol. The van der Waals surface area contributed by atoms with Gasteiger partial charge in [-0.3, -0.25) is 4.79 Å². The summed E-state index contributed by atoms with van der Waals surface area (Å²) >= 11 is 1.46. The SMILES string of the molecule is CCCc1nnc2n1N[C@H](c1ccc(C)cc1)[C@@H](C(=O)Nc1ccc(CC)cc1)S2. The van der Waals surface area contributed by atoms with E-state index in [1.165, 1.54) is 22.9 Å². The zero-order valence-corrected chi connectivity index (χ0v) is 18.4. The molecule has 3 aromatic rings. The topological polar surface area (TPSA) is 71.8 Å². The van der Waals surface area contributed by atoms with E-state index < -0.39 is 0 Å². The Bertz CT molecular complexity index is 1010. The molecule has 1 aromatic heterocycles. The van der Waals surface area contributed by atoms with Crippen LogP contribution in [0.2, 0.25) is 0 Å². The maximum absolute atomic E-state index is 13.3. The molecule has 156 valence electrons. The number of fused-ring (bicyclic) bond motifs is 1. The van der Waals surface area contributed by atoms with Gasteiger partial charge in [0.25, 0.3) is 0 Å². The molecule has 4 rings (SSSR count). The number of benzene rings is 2.